The molecule has 0 aliphatic carbocycles. The van der Waals surface area contributed by atoms with Gasteiger partial charge in [-0.05, 0) is 17.7 Å². The van der Waals surface area contributed by atoms with Gasteiger partial charge < -0.3 is 4.55 Å². The molecule has 66 valence electrons. The van der Waals surface area contributed by atoms with E-state index < -0.39 is 11.1 Å². The Morgan fingerprint density at radius 1 is 1.58 bits per heavy atom. The fourth-order valence-corrected chi connectivity index (χ4v) is 2.11. The van der Waals surface area contributed by atoms with Gasteiger partial charge in [-0.15, -0.1) is 0 Å². The number of rotatable bonds is 2. The molecule has 0 aliphatic heterocycles. The summed E-state index contributed by atoms with van der Waals surface area (Å²) in [6, 6.07) is 5.21. The molecule has 0 aliphatic rings. The Morgan fingerprint density at radius 3 is 2.75 bits per heavy atom. The molecular weight excluding hydrogens is 263 g/mol. The zero-order valence-electron chi connectivity index (χ0n) is 5.96. The van der Waals surface area contributed by atoms with Crippen molar-refractivity contribution < 1.29 is 8.76 Å². The van der Waals surface area contributed by atoms with E-state index >= 15 is 0 Å². The van der Waals surface area contributed by atoms with E-state index in [1.165, 1.54) is 0 Å². The highest BCUT2D eigenvalue weighted by Gasteiger charge is 2.03. The lowest BCUT2D eigenvalue weighted by Crippen LogP contribution is -1.93. The molecule has 0 saturated carbocycles. The smallest absolute Gasteiger partial charge is 0.157 e. The van der Waals surface area contributed by atoms with Gasteiger partial charge in [-0.1, -0.05) is 33.6 Å². The van der Waals surface area contributed by atoms with Crippen LogP contribution in [0.4, 0.5) is 0 Å². The first-order valence-corrected chi connectivity index (χ1v) is 5.55. The minimum atomic E-state index is -1.83. The fraction of sp³-hybridized carbons (Fsp3) is 0.143. The van der Waals surface area contributed by atoms with Crippen molar-refractivity contribution in [1.82, 2.24) is 0 Å². The van der Waals surface area contributed by atoms with Crippen LogP contribution in [0.3, 0.4) is 0 Å². The maximum atomic E-state index is 10.4. The molecule has 1 aromatic carbocycles. The van der Waals surface area contributed by atoms with Crippen molar-refractivity contribution in [3.05, 3.63) is 33.3 Å². The van der Waals surface area contributed by atoms with E-state index in [0.29, 0.717) is 10.6 Å². The Hall–Kier alpha value is 0.1000. The van der Waals surface area contributed by atoms with Gasteiger partial charge in [0, 0.05) is 9.50 Å². The lowest BCUT2D eigenvalue weighted by Gasteiger charge is -2.00. The van der Waals surface area contributed by atoms with Crippen LogP contribution in [0.5, 0.6) is 0 Å². The minimum absolute atomic E-state index is 0.0755. The van der Waals surface area contributed by atoms with Crippen LogP contribution in [0.1, 0.15) is 5.56 Å². The summed E-state index contributed by atoms with van der Waals surface area (Å²) in [5.74, 6) is 0.0755. The topological polar surface area (TPSA) is 37.3 Å². The molecule has 0 spiro atoms. The van der Waals surface area contributed by atoms with E-state index in [2.05, 4.69) is 15.9 Å². The summed E-state index contributed by atoms with van der Waals surface area (Å²) in [7, 11) is 0. The van der Waals surface area contributed by atoms with E-state index in [1.54, 1.807) is 18.2 Å². The van der Waals surface area contributed by atoms with Crippen molar-refractivity contribution >= 4 is 38.6 Å². The second-order valence-corrected chi connectivity index (χ2v) is 4.46. The largest absolute Gasteiger partial charge is 0.306 e. The van der Waals surface area contributed by atoms with Gasteiger partial charge in [-0.3, -0.25) is 0 Å². The molecule has 0 amide bonds. The Labute approximate surface area is 86.3 Å². The van der Waals surface area contributed by atoms with Gasteiger partial charge in [0.05, 0.1) is 5.75 Å². The molecule has 1 unspecified atom stereocenters. The molecule has 12 heavy (non-hydrogen) atoms. The first-order valence-electron chi connectivity index (χ1n) is 3.11. The van der Waals surface area contributed by atoms with Crippen molar-refractivity contribution in [2.24, 2.45) is 0 Å². The first kappa shape index (κ1) is 10.2. The summed E-state index contributed by atoms with van der Waals surface area (Å²) < 4.78 is 19.9. The van der Waals surface area contributed by atoms with Crippen LogP contribution in [0, 0.1) is 0 Å². The number of hydrogen-bond donors (Lipinski definition) is 1. The minimum Gasteiger partial charge on any atom is -0.306 e. The lowest BCUT2D eigenvalue weighted by atomic mass is 10.2. The van der Waals surface area contributed by atoms with Gasteiger partial charge in [-0.2, -0.15) is 0 Å². The molecule has 1 atom stereocenters. The number of halogens is 2. The van der Waals surface area contributed by atoms with Crippen LogP contribution in [0.25, 0.3) is 0 Å². The lowest BCUT2D eigenvalue weighted by molar-refractivity contribution is 0.563. The maximum absolute atomic E-state index is 10.4. The molecule has 1 rings (SSSR count). The average Bonchev–Trinajstić information content (AvgIpc) is 1.94. The van der Waals surface area contributed by atoms with Crippen LogP contribution < -0.4 is 0 Å². The molecule has 0 heterocycles. The summed E-state index contributed by atoms with van der Waals surface area (Å²) in [4.78, 5) is 0. The van der Waals surface area contributed by atoms with Gasteiger partial charge in [0.25, 0.3) is 0 Å². The molecule has 2 nitrogen and oxygen atoms in total. The van der Waals surface area contributed by atoms with Crippen LogP contribution in [0.15, 0.2) is 22.7 Å². The highest BCUT2D eigenvalue weighted by atomic mass is 79.9. The van der Waals surface area contributed by atoms with Crippen LogP contribution in [-0.4, -0.2) is 8.76 Å². The molecular formula is C7H6BrClO2S. The van der Waals surface area contributed by atoms with Crippen LogP contribution in [-0.2, 0) is 16.8 Å². The highest BCUT2D eigenvalue weighted by Crippen LogP contribution is 2.21. The van der Waals surface area contributed by atoms with Gasteiger partial charge in [0.2, 0.25) is 0 Å². The van der Waals surface area contributed by atoms with E-state index in [0.717, 1.165) is 4.47 Å². The third-order valence-corrected chi connectivity index (χ3v) is 2.70. The monoisotopic (exact) mass is 268 g/mol. The zero-order chi connectivity index (χ0) is 9.14. The third kappa shape index (κ3) is 2.86. The predicted octanol–water partition coefficient (Wildman–Crippen LogP) is 2.82. The Bertz CT molecular complexity index is 316. The molecule has 0 aromatic heterocycles. The Balaban J connectivity index is 2.93. The van der Waals surface area contributed by atoms with Gasteiger partial charge >= 0.3 is 0 Å². The molecule has 0 radical (unpaired) electrons. The van der Waals surface area contributed by atoms with Gasteiger partial charge in [0.1, 0.15) is 0 Å². The normalized spacial score (nSPS) is 12.9. The summed E-state index contributed by atoms with van der Waals surface area (Å²) in [6.07, 6.45) is 0. The van der Waals surface area contributed by atoms with Gasteiger partial charge in [0.15, 0.2) is 11.1 Å². The second-order valence-electron chi connectivity index (χ2n) is 2.20. The summed E-state index contributed by atoms with van der Waals surface area (Å²) in [5, 5.41) is 0.506. The molecule has 5 heteroatoms. The van der Waals surface area contributed by atoms with Crippen molar-refractivity contribution in [1.29, 1.82) is 0 Å². The Kier molecular flexibility index (Phi) is 3.71. The quantitative estimate of drug-likeness (QED) is 0.838. The second kappa shape index (κ2) is 4.37. The molecule has 0 fully saturated rings. The van der Waals surface area contributed by atoms with Crippen LogP contribution in [0.2, 0.25) is 5.02 Å². The SMILES string of the molecule is O=S(O)Cc1ccc(Br)cc1Cl. The Morgan fingerprint density at radius 2 is 2.25 bits per heavy atom. The number of benzene rings is 1. The van der Waals surface area contributed by atoms with Gasteiger partial charge in [-0.25, -0.2) is 4.21 Å². The molecule has 0 saturated heterocycles. The fourth-order valence-electron chi connectivity index (χ4n) is 0.772. The maximum Gasteiger partial charge on any atom is 0.157 e. The van der Waals surface area contributed by atoms with Crippen LogP contribution >= 0.6 is 27.5 Å². The first-order chi connectivity index (χ1) is 5.59. The molecule has 1 aromatic rings. The average molecular weight is 270 g/mol. The van der Waals surface area contributed by atoms with E-state index in [9.17, 15) is 4.21 Å². The molecule has 0 bridgehead atoms. The predicted molar refractivity (Wildman–Crippen MR) is 53.6 cm³/mol. The third-order valence-electron chi connectivity index (χ3n) is 1.29. The van der Waals surface area contributed by atoms with E-state index in [1.807, 2.05) is 0 Å². The summed E-state index contributed by atoms with van der Waals surface area (Å²) >= 11 is 7.20. The summed E-state index contributed by atoms with van der Waals surface area (Å²) in [5.41, 5.74) is 0.681. The number of hydrogen-bond acceptors (Lipinski definition) is 1. The zero-order valence-corrected chi connectivity index (χ0v) is 9.12. The van der Waals surface area contributed by atoms with Crippen molar-refractivity contribution in [2.75, 3.05) is 0 Å². The molecule has 1 N–H and O–H groups in total. The van der Waals surface area contributed by atoms with E-state index in [-0.39, 0.29) is 5.75 Å². The van der Waals surface area contributed by atoms with Crippen molar-refractivity contribution in [3.63, 3.8) is 0 Å². The van der Waals surface area contributed by atoms with Crippen molar-refractivity contribution in [2.45, 2.75) is 5.75 Å². The standard InChI is InChI=1S/C7H6BrClO2S/c8-6-2-1-5(4-12(10)11)7(9)3-6/h1-3H,4H2,(H,10,11). The van der Waals surface area contributed by atoms with Crippen molar-refractivity contribution in [3.8, 4) is 0 Å². The van der Waals surface area contributed by atoms with E-state index in [4.69, 9.17) is 16.2 Å². The highest BCUT2D eigenvalue weighted by molar-refractivity contribution is 9.10. The summed E-state index contributed by atoms with van der Waals surface area (Å²) in [6.45, 7) is 0.